The minimum absolute atomic E-state index is 0. The first-order valence-corrected chi connectivity index (χ1v) is 7.19. The average Bonchev–Trinajstić information content (AvgIpc) is 2.69. The number of hydrogen-bond acceptors (Lipinski definition) is 2. The van der Waals surface area contributed by atoms with Crippen molar-refractivity contribution in [1.82, 2.24) is 10.2 Å². The maximum absolute atomic E-state index is 12.3. The Morgan fingerprint density at radius 2 is 1.95 bits per heavy atom. The first-order chi connectivity index (χ1) is 9.16. The number of aryl methyl sites for hydroxylation is 1. The van der Waals surface area contributed by atoms with Crippen molar-refractivity contribution in [3.05, 3.63) is 35.4 Å². The van der Waals surface area contributed by atoms with E-state index >= 15 is 0 Å². The van der Waals surface area contributed by atoms with Crippen LogP contribution in [0.5, 0.6) is 0 Å². The zero-order chi connectivity index (χ0) is 13.7. The fourth-order valence-corrected chi connectivity index (χ4v) is 2.60. The molecule has 1 fully saturated rings. The third-order valence-electron chi connectivity index (χ3n) is 3.96. The number of benzene rings is 1. The number of hydrogen-bond donors (Lipinski definition) is 1. The third kappa shape index (κ3) is 4.80. The Bertz CT molecular complexity index is 411. The summed E-state index contributed by atoms with van der Waals surface area (Å²) in [5.41, 5.74) is 2.34. The lowest BCUT2D eigenvalue weighted by molar-refractivity contribution is -0.131. The van der Waals surface area contributed by atoms with E-state index in [2.05, 4.69) is 36.5 Å². The summed E-state index contributed by atoms with van der Waals surface area (Å²) in [5.74, 6) is 0.232. The van der Waals surface area contributed by atoms with Crippen LogP contribution in [0.25, 0.3) is 0 Å². The molecule has 1 aliphatic rings. The van der Waals surface area contributed by atoms with Crippen LogP contribution < -0.4 is 5.32 Å². The summed E-state index contributed by atoms with van der Waals surface area (Å²) in [4.78, 5) is 14.3. The van der Waals surface area contributed by atoms with Crippen LogP contribution >= 0.6 is 12.4 Å². The molecule has 4 heteroatoms. The SMILES string of the molecule is Cc1ccc(CC(=O)N(C)C2CCCNCC2)cc1.Cl. The highest BCUT2D eigenvalue weighted by Gasteiger charge is 2.20. The Kier molecular flexibility index (Phi) is 7.03. The molecule has 3 nitrogen and oxygen atoms in total. The van der Waals surface area contributed by atoms with Crippen molar-refractivity contribution in [1.29, 1.82) is 0 Å². The smallest absolute Gasteiger partial charge is 0.226 e. The fraction of sp³-hybridized carbons (Fsp3) is 0.562. The van der Waals surface area contributed by atoms with Gasteiger partial charge in [-0.25, -0.2) is 0 Å². The van der Waals surface area contributed by atoms with Gasteiger partial charge in [-0.2, -0.15) is 0 Å². The van der Waals surface area contributed by atoms with Gasteiger partial charge in [0.2, 0.25) is 5.91 Å². The number of halogens is 1. The van der Waals surface area contributed by atoms with Crippen LogP contribution in [0.2, 0.25) is 0 Å². The van der Waals surface area contributed by atoms with Gasteiger partial charge in [0, 0.05) is 13.1 Å². The van der Waals surface area contributed by atoms with E-state index in [1.54, 1.807) is 0 Å². The molecule has 2 rings (SSSR count). The molecule has 1 saturated heterocycles. The molecular formula is C16H25ClN2O. The summed E-state index contributed by atoms with van der Waals surface area (Å²) in [6.45, 7) is 4.17. The molecule has 1 unspecified atom stereocenters. The molecule has 1 heterocycles. The van der Waals surface area contributed by atoms with E-state index in [9.17, 15) is 4.79 Å². The van der Waals surface area contributed by atoms with Gasteiger partial charge in [-0.05, 0) is 44.8 Å². The Labute approximate surface area is 128 Å². The fourth-order valence-electron chi connectivity index (χ4n) is 2.60. The monoisotopic (exact) mass is 296 g/mol. The third-order valence-corrected chi connectivity index (χ3v) is 3.96. The highest BCUT2D eigenvalue weighted by molar-refractivity contribution is 5.85. The largest absolute Gasteiger partial charge is 0.342 e. The lowest BCUT2D eigenvalue weighted by atomic mass is 10.1. The van der Waals surface area contributed by atoms with Gasteiger partial charge in [-0.3, -0.25) is 4.79 Å². The standard InChI is InChI=1S/C16H24N2O.ClH/c1-13-5-7-14(8-6-13)12-16(19)18(2)15-4-3-10-17-11-9-15;/h5-8,15,17H,3-4,9-12H2,1-2H3;1H. The quantitative estimate of drug-likeness (QED) is 0.930. The van der Waals surface area contributed by atoms with E-state index in [4.69, 9.17) is 0 Å². The summed E-state index contributed by atoms with van der Waals surface area (Å²) in [5, 5.41) is 3.39. The summed E-state index contributed by atoms with van der Waals surface area (Å²) in [6.07, 6.45) is 3.85. The van der Waals surface area contributed by atoms with Crippen molar-refractivity contribution in [2.24, 2.45) is 0 Å². The summed E-state index contributed by atoms with van der Waals surface area (Å²) in [7, 11) is 1.95. The minimum Gasteiger partial charge on any atom is -0.342 e. The lowest BCUT2D eigenvalue weighted by Gasteiger charge is -2.27. The van der Waals surface area contributed by atoms with Gasteiger partial charge < -0.3 is 10.2 Å². The van der Waals surface area contributed by atoms with Gasteiger partial charge in [0.15, 0.2) is 0 Å². The molecule has 0 aliphatic carbocycles. The number of nitrogens with one attached hydrogen (secondary N) is 1. The van der Waals surface area contributed by atoms with Gasteiger partial charge in [0.25, 0.3) is 0 Å². The number of likely N-dealkylation sites (N-methyl/N-ethyl adjacent to an activating group) is 1. The van der Waals surface area contributed by atoms with Crippen LogP contribution in [0.15, 0.2) is 24.3 Å². The van der Waals surface area contributed by atoms with Gasteiger partial charge in [-0.1, -0.05) is 29.8 Å². The molecule has 1 N–H and O–H groups in total. The van der Waals surface area contributed by atoms with Gasteiger partial charge >= 0.3 is 0 Å². The van der Waals surface area contributed by atoms with E-state index in [0.29, 0.717) is 12.5 Å². The number of carbonyl (C=O) groups is 1. The Hall–Kier alpha value is -1.06. The van der Waals surface area contributed by atoms with Gasteiger partial charge in [0.05, 0.1) is 6.42 Å². The van der Waals surface area contributed by atoms with Crippen molar-refractivity contribution in [2.45, 2.75) is 38.6 Å². The normalized spacial score (nSPS) is 18.8. The van der Waals surface area contributed by atoms with Crippen LogP contribution in [0.1, 0.15) is 30.4 Å². The second-order valence-corrected chi connectivity index (χ2v) is 5.50. The van der Waals surface area contributed by atoms with Crippen molar-refractivity contribution < 1.29 is 4.79 Å². The zero-order valence-electron chi connectivity index (χ0n) is 12.4. The average molecular weight is 297 g/mol. The molecule has 0 bridgehead atoms. The van der Waals surface area contributed by atoms with E-state index in [0.717, 1.165) is 37.9 Å². The molecule has 1 aromatic carbocycles. The van der Waals surface area contributed by atoms with E-state index in [1.807, 2.05) is 11.9 Å². The Morgan fingerprint density at radius 1 is 1.25 bits per heavy atom. The van der Waals surface area contributed by atoms with Crippen molar-refractivity contribution in [2.75, 3.05) is 20.1 Å². The second-order valence-electron chi connectivity index (χ2n) is 5.50. The van der Waals surface area contributed by atoms with Crippen molar-refractivity contribution in [3.8, 4) is 0 Å². The van der Waals surface area contributed by atoms with Gasteiger partial charge in [-0.15, -0.1) is 12.4 Å². The lowest BCUT2D eigenvalue weighted by Crippen LogP contribution is -2.38. The van der Waals surface area contributed by atoms with Crippen molar-refractivity contribution in [3.63, 3.8) is 0 Å². The van der Waals surface area contributed by atoms with Crippen LogP contribution in [-0.4, -0.2) is 37.0 Å². The first-order valence-electron chi connectivity index (χ1n) is 7.19. The Morgan fingerprint density at radius 3 is 2.65 bits per heavy atom. The first kappa shape index (κ1) is 17.0. The molecule has 20 heavy (non-hydrogen) atoms. The number of nitrogens with zero attached hydrogens (tertiary/aromatic N) is 1. The molecule has 0 saturated carbocycles. The highest BCUT2D eigenvalue weighted by atomic mass is 35.5. The molecule has 1 atom stereocenters. The van der Waals surface area contributed by atoms with Crippen LogP contribution in [0, 0.1) is 6.92 Å². The van der Waals surface area contributed by atoms with Gasteiger partial charge in [0.1, 0.15) is 0 Å². The van der Waals surface area contributed by atoms with Crippen molar-refractivity contribution >= 4 is 18.3 Å². The molecule has 1 aliphatic heterocycles. The van der Waals surface area contributed by atoms with E-state index in [1.165, 1.54) is 5.56 Å². The Balaban J connectivity index is 0.00000200. The summed E-state index contributed by atoms with van der Waals surface area (Å²) in [6, 6.07) is 8.63. The molecule has 1 amide bonds. The van der Waals surface area contributed by atoms with Crippen LogP contribution in [0.3, 0.4) is 0 Å². The zero-order valence-corrected chi connectivity index (χ0v) is 13.2. The summed E-state index contributed by atoms with van der Waals surface area (Å²) >= 11 is 0. The molecular weight excluding hydrogens is 272 g/mol. The summed E-state index contributed by atoms with van der Waals surface area (Å²) < 4.78 is 0. The number of carbonyl (C=O) groups excluding carboxylic acids is 1. The minimum atomic E-state index is 0. The van der Waals surface area contributed by atoms with E-state index in [-0.39, 0.29) is 18.3 Å². The topological polar surface area (TPSA) is 32.3 Å². The van der Waals surface area contributed by atoms with Crippen LogP contribution in [-0.2, 0) is 11.2 Å². The molecule has 0 radical (unpaired) electrons. The van der Waals surface area contributed by atoms with Crippen LogP contribution in [0.4, 0.5) is 0 Å². The number of rotatable bonds is 3. The second kappa shape index (κ2) is 8.28. The predicted molar refractivity (Wildman–Crippen MR) is 85.4 cm³/mol. The molecule has 0 aromatic heterocycles. The molecule has 0 spiro atoms. The van der Waals surface area contributed by atoms with E-state index < -0.39 is 0 Å². The predicted octanol–water partition coefficient (Wildman–Crippen LogP) is 2.56. The maximum Gasteiger partial charge on any atom is 0.226 e. The molecule has 1 aromatic rings. The number of amides is 1. The maximum atomic E-state index is 12.3. The highest BCUT2D eigenvalue weighted by Crippen LogP contribution is 2.14. The molecule has 112 valence electrons.